The summed E-state index contributed by atoms with van der Waals surface area (Å²) in [5.74, 6) is 1.67. The van der Waals surface area contributed by atoms with Gasteiger partial charge in [0.05, 0.1) is 11.6 Å². The molecule has 2 aromatic heterocycles. The van der Waals surface area contributed by atoms with E-state index in [1.807, 2.05) is 13.0 Å². The summed E-state index contributed by atoms with van der Waals surface area (Å²) in [7, 11) is 0. The lowest BCUT2D eigenvalue weighted by atomic mass is 10.3. The van der Waals surface area contributed by atoms with Crippen LogP contribution in [-0.4, -0.2) is 10.2 Å². The van der Waals surface area contributed by atoms with Crippen molar-refractivity contribution in [3.8, 4) is 11.5 Å². The Morgan fingerprint density at radius 1 is 1.43 bits per heavy atom. The van der Waals surface area contributed by atoms with Crippen molar-refractivity contribution in [1.29, 1.82) is 0 Å². The Balaban J connectivity index is 2.33. The van der Waals surface area contributed by atoms with Crippen LogP contribution < -0.4 is 5.73 Å². The van der Waals surface area contributed by atoms with Crippen LogP contribution >= 0.6 is 0 Å². The van der Waals surface area contributed by atoms with E-state index in [0.29, 0.717) is 11.8 Å². The van der Waals surface area contributed by atoms with Gasteiger partial charge in [0.25, 0.3) is 5.89 Å². The van der Waals surface area contributed by atoms with E-state index in [1.165, 1.54) is 0 Å². The number of furan rings is 1. The van der Waals surface area contributed by atoms with Crippen molar-refractivity contribution >= 4 is 0 Å². The van der Waals surface area contributed by atoms with E-state index in [9.17, 15) is 0 Å². The van der Waals surface area contributed by atoms with Crippen LogP contribution in [-0.2, 0) is 0 Å². The molecule has 0 fully saturated rings. The van der Waals surface area contributed by atoms with Gasteiger partial charge in [-0.1, -0.05) is 0 Å². The maximum Gasteiger partial charge on any atom is 0.251 e. The van der Waals surface area contributed by atoms with Crippen molar-refractivity contribution in [2.75, 3.05) is 0 Å². The highest BCUT2D eigenvalue weighted by Gasteiger charge is 2.12. The lowest BCUT2D eigenvalue weighted by molar-refractivity contribution is 0.472. The molecule has 0 aliphatic rings. The Kier molecular flexibility index (Phi) is 2.09. The van der Waals surface area contributed by atoms with Crippen LogP contribution in [0.15, 0.2) is 21.2 Å². The zero-order chi connectivity index (χ0) is 10.1. The first-order valence-corrected chi connectivity index (χ1v) is 4.31. The average molecular weight is 193 g/mol. The van der Waals surface area contributed by atoms with Crippen molar-refractivity contribution in [1.82, 2.24) is 10.2 Å². The molecule has 0 aliphatic carbocycles. The molecule has 14 heavy (non-hydrogen) atoms. The van der Waals surface area contributed by atoms with Gasteiger partial charge in [0.2, 0.25) is 5.89 Å². The van der Waals surface area contributed by atoms with Crippen LogP contribution in [0.2, 0.25) is 0 Å². The second-order valence-electron chi connectivity index (χ2n) is 3.18. The van der Waals surface area contributed by atoms with E-state index in [0.717, 1.165) is 11.3 Å². The van der Waals surface area contributed by atoms with Crippen LogP contribution in [0, 0.1) is 6.92 Å². The van der Waals surface area contributed by atoms with Crippen molar-refractivity contribution in [3.63, 3.8) is 0 Å². The van der Waals surface area contributed by atoms with E-state index in [4.69, 9.17) is 14.6 Å². The third kappa shape index (κ3) is 1.54. The van der Waals surface area contributed by atoms with Gasteiger partial charge in [-0.15, -0.1) is 10.2 Å². The standard InChI is InChI=1S/C9H11N3O2/c1-5-3-7(4-13-5)9-12-11-8(14-9)6(2)10/h3-4,6H,10H2,1-2H3. The van der Waals surface area contributed by atoms with Gasteiger partial charge >= 0.3 is 0 Å². The second-order valence-corrected chi connectivity index (χ2v) is 3.18. The van der Waals surface area contributed by atoms with Crippen LogP contribution in [0.5, 0.6) is 0 Å². The zero-order valence-electron chi connectivity index (χ0n) is 8.02. The van der Waals surface area contributed by atoms with Gasteiger partial charge in [-0.05, 0) is 19.9 Å². The average Bonchev–Trinajstić information content (AvgIpc) is 2.70. The molecule has 1 unspecified atom stereocenters. The first-order chi connectivity index (χ1) is 6.66. The molecule has 0 aliphatic heterocycles. The topological polar surface area (TPSA) is 78.1 Å². The minimum Gasteiger partial charge on any atom is -0.469 e. The molecule has 1 atom stereocenters. The number of hydrogen-bond acceptors (Lipinski definition) is 5. The summed E-state index contributed by atoms with van der Waals surface area (Å²) in [6.07, 6.45) is 1.58. The smallest absolute Gasteiger partial charge is 0.251 e. The molecule has 0 bridgehead atoms. The molecule has 0 amide bonds. The van der Waals surface area contributed by atoms with E-state index < -0.39 is 0 Å². The molecule has 0 spiro atoms. The van der Waals surface area contributed by atoms with E-state index >= 15 is 0 Å². The lowest BCUT2D eigenvalue weighted by Gasteiger charge is -1.93. The molecule has 0 radical (unpaired) electrons. The van der Waals surface area contributed by atoms with Crippen molar-refractivity contribution in [2.24, 2.45) is 5.73 Å². The molecular weight excluding hydrogens is 182 g/mol. The van der Waals surface area contributed by atoms with Crippen LogP contribution in [0.4, 0.5) is 0 Å². The van der Waals surface area contributed by atoms with Gasteiger partial charge in [0.1, 0.15) is 12.0 Å². The zero-order valence-corrected chi connectivity index (χ0v) is 8.02. The molecule has 5 heteroatoms. The Labute approximate surface area is 80.9 Å². The van der Waals surface area contributed by atoms with Gasteiger partial charge in [0, 0.05) is 0 Å². The first-order valence-electron chi connectivity index (χ1n) is 4.31. The molecule has 2 aromatic rings. The minimum atomic E-state index is -0.246. The van der Waals surface area contributed by atoms with E-state index in [1.54, 1.807) is 13.2 Å². The molecule has 0 aromatic carbocycles. The fourth-order valence-electron chi connectivity index (χ4n) is 1.09. The molecule has 2 rings (SSSR count). The van der Waals surface area contributed by atoms with Crippen molar-refractivity contribution < 1.29 is 8.83 Å². The van der Waals surface area contributed by atoms with Gasteiger partial charge in [-0.3, -0.25) is 0 Å². The van der Waals surface area contributed by atoms with Gasteiger partial charge in [-0.2, -0.15) is 0 Å². The number of nitrogens with zero attached hydrogens (tertiary/aromatic N) is 2. The monoisotopic (exact) mass is 193 g/mol. The fourth-order valence-corrected chi connectivity index (χ4v) is 1.09. The van der Waals surface area contributed by atoms with Gasteiger partial charge < -0.3 is 14.6 Å². The third-order valence-corrected chi connectivity index (χ3v) is 1.81. The largest absolute Gasteiger partial charge is 0.469 e. The lowest BCUT2D eigenvalue weighted by Crippen LogP contribution is -2.04. The van der Waals surface area contributed by atoms with E-state index in [-0.39, 0.29) is 6.04 Å². The number of rotatable bonds is 2. The predicted molar refractivity (Wildman–Crippen MR) is 49.3 cm³/mol. The van der Waals surface area contributed by atoms with Gasteiger partial charge in [0.15, 0.2) is 0 Å². The summed E-state index contributed by atoms with van der Waals surface area (Å²) < 4.78 is 10.5. The Morgan fingerprint density at radius 2 is 2.21 bits per heavy atom. The highest BCUT2D eigenvalue weighted by Crippen LogP contribution is 2.21. The van der Waals surface area contributed by atoms with Crippen LogP contribution in [0.3, 0.4) is 0 Å². The van der Waals surface area contributed by atoms with Crippen LogP contribution in [0.25, 0.3) is 11.5 Å². The number of hydrogen-bond donors (Lipinski definition) is 1. The number of aryl methyl sites for hydroxylation is 1. The molecule has 0 saturated carbocycles. The maximum absolute atomic E-state index is 5.59. The minimum absolute atomic E-state index is 0.246. The summed E-state index contributed by atoms with van der Waals surface area (Å²) in [6.45, 7) is 3.64. The summed E-state index contributed by atoms with van der Waals surface area (Å²) in [4.78, 5) is 0. The SMILES string of the molecule is Cc1cc(-c2nnc(C(C)N)o2)co1. The predicted octanol–water partition coefficient (Wildman–Crippen LogP) is 1.66. The Bertz CT molecular complexity index is 431. The number of nitrogens with two attached hydrogens (primary N) is 1. The highest BCUT2D eigenvalue weighted by atomic mass is 16.4. The quantitative estimate of drug-likeness (QED) is 0.784. The summed E-state index contributed by atoms with van der Waals surface area (Å²) in [5.41, 5.74) is 6.37. The molecule has 0 saturated heterocycles. The van der Waals surface area contributed by atoms with Crippen molar-refractivity contribution in [3.05, 3.63) is 24.0 Å². The van der Waals surface area contributed by atoms with Crippen molar-refractivity contribution in [2.45, 2.75) is 19.9 Å². The first kappa shape index (κ1) is 8.96. The van der Waals surface area contributed by atoms with Gasteiger partial charge in [-0.25, -0.2) is 0 Å². The summed E-state index contributed by atoms with van der Waals surface area (Å²) >= 11 is 0. The molecule has 2 heterocycles. The fraction of sp³-hybridized carbons (Fsp3) is 0.333. The van der Waals surface area contributed by atoms with E-state index in [2.05, 4.69) is 10.2 Å². The highest BCUT2D eigenvalue weighted by molar-refractivity contribution is 5.50. The number of aromatic nitrogens is 2. The summed E-state index contributed by atoms with van der Waals surface area (Å²) in [6, 6.07) is 1.59. The molecular formula is C9H11N3O2. The Morgan fingerprint density at radius 3 is 2.71 bits per heavy atom. The maximum atomic E-state index is 5.59. The third-order valence-electron chi connectivity index (χ3n) is 1.81. The molecule has 2 N–H and O–H groups in total. The second kappa shape index (κ2) is 3.26. The normalized spacial score (nSPS) is 13.1. The molecule has 74 valence electrons. The van der Waals surface area contributed by atoms with Crippen LogP contribution in [0.1, 0.15) is 24.6 Å². The Hall–Kier alpha value is -1.62. The molecule has 5 nitrogen and oxygen atoms in total. The summed E-state index contributed by atoms with van der Waals surface area (Å²) in [5, 5.41) is 7.68.